The summed E-state index contributed by atoms with van der Waals surface area (Å²) in [5.74, 6) is 0.578. The summed E-state index contributed by atoms with van der Waals surface area (Å²) in [6.45, 7) is 0. The van der Waals surface area contributed by atoms with Crippen molar-refractivity contribution < 1.29 is 9.13 Å². The van der Waals surface area contributed by atoms with Gasteiger partial charge in [0.05, 0.1) is 18.5 Å². The summed E-state index contributed by atoms with van der Waals surface area (Å²) in [5, 5.41) is 0. The molecule has 0 spiro atoms. The van der Waals surface area contributed by atoms with E-state index in [1.807, 2.05) is 16.5 Å². The van der Waals surface area contributed by atoms with E-state index in [1.165, 1.54) is 17.8 Å². The van der Waals surface area contributed by atoms with Gasteiger partial charge in [0.25, 0.3) is 0 Å². The summed E-state index contributed by atoms with van der Waals surface area (Å²) in [4.78, 5) is 4.65. The van der Waals surface area contributed by atoms with Crippen LogP contribution < -0.4 is 4.74 Å². The second-order valence-corrected chi connectivity index (χ2v) is 5.01. The van der Waals surface area contributed by atoms with E-state index in [4.69, 9.17) is 4.74 Å². The Balaban J connectivity index is 2.01. The molecule has 20 heavy (non-hydrogen) atoms. The average Bonchev–Trinajstić information content (AvgIpc) is 2.85. The Morgan fingerprint density at radius 1 is 1.20 bits per heavy atom. The number of aryl methyl sites for hydroxylation is 2. The van der Waals surface area contributed by atoms with Gasteiger partial charge in [0.1, 0.15) is 17.2 Å². The quantitative estimate of drug-likeness (QED) is 0.677. The molecule has 0 unspecified atom stereocenters. The van der Waals surface area contributed by atoms with Crippen molar-refractivity contribution in [2.45, 2.75) is 12.8 Å². The van der Waals surface area contributed by atoms with Gasteiger partial charge in [0.2, 0.25) is 0 Å². The average molecular weight is 268 g/mol. The van der Waals surface area contributed by atoms with Crippen molar-refractivity contribution >= 4 is 5.65 Å². The summed E-state index contributed by atoms with van der Waals surface area (Å²) < 4.78 is 20.6. The van der Waals surface area contributed by atoms with E-state index in [0.717, 1.165) is 41.2 Å². The Morgan fingerprint density at radius 2 is 2.10 bits per heavy atom. The van der Waals surface area contributed by atoms with Gasteiger partial charge in [-0.3, -0.25) is 0 Å². The maximum Gasteiger partial charge on any atom is 0.139 e. The first-order chi connectivity index (χ1) is 9.76. The zero-order chi connectivity index (χ0) is 13.7. The summed E-state index contributed by atoms with van der Waals surface area (Å²) in [7, 11) is 1.66. The second kappa shape index (κ2) is 4.07. The number of imidazole rings is 1. The maximum absolute atomic E-state index is 13.4. The van der Waals surface area contributed by atoms with Gasteiger partial charge in [-0.05, 0) is 42.7 Å². The molecule has 0 aliphatic heterocycles. The van der Waals surface area contributed by atoms with Crippen LogP contribution in [0.1, 0.15) is 11.3 Å². The van der Waals surface area contributed by atoms with Gasteiger partial charge < -0.3 is 9.14 Å². The lowest BCUT2D eigenvalue weighted by Crippen LogP contribution is -2.05. The van der Waals surface area contributed by atoms with Gasteiger partial charge in [0.15, 0.2) is 0 Å². The topological polar surface area (TPSA) is 26.5 Å². The standard InChI is InChI=1S/C16H13FN2O/c1-20-12-5-2-10-3-6-14-16(13(10)8-12)18-15-7-4-11(17)9-19(14)15/h2,4-5,7-9H,3,6H2,1H3. The number of aromatic nitrogens is 2. The van der Waals surface area contributed by atoms with E-state index in [1.54, 1.807) is 13.2 Å². The van der Waals surface area contributed by atoms with Gasteiger partial charge in [0, 0.05) is 11.8 Å². The number of methoxy groups -OCH3 is 1. The number of ether oxygens (including phenoxy) is 1. The number of rotatable bonds is 1. The van der Waals surface area contributed by atoms with Crippen LogP contribution >= 0.6 is 0 Å². The molecule has 100 valence electrons. The van der Waals surface area contributed by atoms with Crippen LogP contribution in [0.2, 0.25) is 0 Å². The van der Waals surface area contributed by atoms with Crippen molar-refractivity contribution in [1.29, 1.82) is 0 Å². The van der Waals surface area contributed by atoms with Gasteiger partial charge >= 0.3 is 0 Å². The van der Waals surface area contributed by atoms with Crippen molar-refractivity contribution in [3.63, 3.8) is 0 Å². The lowest BCUT2D eigenvalue weighted by atomic mass is 9.92. The Bertz CT molecular complexity index is 823. The highest BCUT2D eigenvalue weighted by Crippen LogP contribution is 2.35. The third-order valence-corrected chi connectivity index (χ3v) is 3.88. The summed E-state index contributed by atoms with van der Waals surface area (Å²) in [6, 6.07) is 9.23. The minimum Gasteiger partial charge on any atom is -0.497 e. The predicted octanol–water partition coefficient (Wildman–Crippen LogP) is 3.25. The first-order valence-corrected chi connectivity index (χ1v) is 6.60. The molecule has 1 aromatic carbocycles. The number of hydrogen-bond acceptors (Lipinski definition) is 2. The van der Waals surface area contributed by atoms with Gasteiger partial charge in [-0.2, -0.15) is 0 Å². The monoisotopic (exact) mass is 268 g/mol. The molecule has 1 aliphatic carbocycles. The predicted molar refractivity (Wildman–Crippen MR) is 74.5 cm³/mol. The summed E-state index contributed by atoms with van der Waals surface area (Å²) in [5.41, 5.74) is 5.15. The lowest BCUT2D eigenvalue weighted by molar-refractivity contribution is 0.415. The van der Waals surface area contributed by atoms with Crippen molar-refractivity contribution in [3.8, 4) is 17.0 Å². The number of benzene rings is 1. The normalized spacial score (nSPS) is 13.1. The molecule has 0 atom stereocenters. The fraction of sp³-hybridized carbons (Fsp3) is 0.188. The molecule has 3 aromatic rings. The minimum atomic E-state index is -0.242. The van der Waals surface area contributed by atoms with Crippen LogP contribution in [0.15, 0.2) is 36.5 Å². The maximum atomic E-state index is 13.4. The Morgan fingerprint density at radius 3 is 2.95 bits per heavy atom. The molecule has 0 N–H and O–H groups in total. The Labute approximate surface area is 115 Å². The molecule has 0 amide bonds. The number of pyridine rings is 1. The van der Waals surface area contributed by atoms with Crippen molar-refractivity contribution in [3.05, 3.63) is 53.6 Å². The number of halogens is 1. The molecule has 0 saturated heterocycles. The second-order valence-electron chi connectivity index (χ2n) is 5.01. The van der Waals surface area contributed by atoms with Gasteiger partial charge in [-0.25, -0.2) is 9.37 Å². The van der Waals surface area contributed by atoms with E-state index < -0.39 is 0 Å². The summed E-state index contributed by atoms with van der Waals surface area (Å²) >= 11 is 0. The largest absolute Gasteiger partial charge is 0.497 e. The first-order valence-electron chi connectivity index (χ1n) is 6.60. The van der Waals surface area contributed by atoms with Crippen molar-refractivity contribution in [2.75, 3.05) is 7.11 Å². The number of fused-ring (bicyclic) bond motifs is 5. The van der Waals surface area contributed by atoms with Crippen LogP contribution in [0.5, 0.6) is 5.75 Å². The zero-order valence-electron chi connectivity index (χ0n) is 11.1. The van der Waals surface area contributed by atoms with Gasteiger partial charge in [-0.15, -0.1) is 0 Å². The fourth-order valence-electron chi connectivity index (χ4n) is 2.90. The van der Waals surface area contributed by atoms with Crippen LogP contribution in [-0.4, -0.2) is 16.5 Å². The molecule has 0 radical (unpaired) electrons. The SMILES string of the molecule is COc1ccc2c(c1)-c1nc3ccc(F)cn3c1CC2. The first kappa shape index (κ1) is 11.5. The van der Waals surface area contributed by atoms with Crippen molar-refractivity contribution in [2.24, 2.45) is 0 Å². The zero-order valence-corrected chi connectivity index (χ0v) is 11.1. The number of nitrogens with zero attached hydrogens (tertiary/aromatic N) is 2. The molecule has 0 fully saturated rings. The van der Waals surface area contributed by atoms with E-state index in [-0.39, 0.29) is 5.82 Å². The molecule has 2 aromatic heterocycles. The van der Waals surface area contributed by atoms with Crippen molar-refractivity contribution in [1.82, 2.24) is 9.38 Å². The summed E-state index contributed by atoms with van der Waals surface area (Å²) in [6.07, 6.45) is 3.32. The highest BCUT2D eigenvalue weighted by atomic mass is 19.1. The van der Waals surface area contributed by atoms with Gasteiger partial charge in [-0.1, -0.05) is 6.07 Å². The molecule has 0 bridgehead atoms. The van der Waals surface area contributed by atoms with Crippen LogP contribution in [0.4, 0.5) is 4.39 Å². The number of hydrogen-bond donors (Lipinski definition) is 0. The third-order valence-electron chi connectivity index (χ3n) is 3.88. The van der Waals surface area contributed by atoms with Crippen LogP contribution in [0, 0.1) is 5.82 Å². The van der Waals surface area contributed by atoms with E-state index in [2.05, 4.69) is 11.1 Å². The Hall–Kier alpha value is -2.36. The van der Waals surface area contributed by atoms with Crippen LogP contribution in [-0.2, 0) is 12.8 Å². The molecular weight excluding hydrogens is 255 g/mol. The molecule has 3 nitrogen and oxygen atoms in total. The van der Waals surface area contributed by atoms with E-state index in [0.29, 0.717) is 0 Å². The van der Waals surface area contributed by atoms with E-state index >= 15 is 0 Å². The molecule has 4 rings (SSSR count). The molecular formula is C16H13FN2O. The molecule has 2 heterocycles. The third kappa shape index (κ3) is 1.54. The molecule has 1 aliphatic rings. The molecule has 0 saturated carbocycles. The Kier molecular flexibility index (Phi) is 2.33. The highest BCUT2D eigenvalue weighted by molar-refractivity contribution is 5.73. The molecule has 4 heteroatoms. The highest BCUT2D eigenvalue weighted by Gasteiger charge is 2.22. The minimum absolute atomic E-state index is 0.242. The lowest BCUT2D eigenvalue weighted by Gasteiger charge is -2.16. The fourth-order valence-corrected chi connectivity index (χ4v) is 2.90. The smallest absolute Gasteiger partial charge is 0.139 e. The van der Waals surface area contributed by atoms with Crippen LogP contribution in [0.25, 0.3) is 16.9 Å². The van der Waals surface area contributed by atoms with E-state index in [9.17, 15) is 4.39 Å². The van der Waals surface area contributed by atoms with Crippen LogP contribution in [0.3, 0.4) is 0 Å².